The summed E-state index contributed by atoms with van der Waals surface area (Å²) >= 11 is 1.47. The van der Waals surface area contributed by atoms with Gasteiger partial charge in [0.1, 0.15) is 0 Å². The molecule has 7 heteroatoms. The van der Waals surface area contributed by atoms with E-state index in [4.69, 9.17) is 9.15 Å². The fraction of sp³-hybridized carbons (Fsp3) is 0.278. The summed E-state index contributed by atoms with van der Waals surface area (Å²) in [6.45, 7) is 0.997. The molecule has 0 aliphatic carbocycles. The third-order valence-corrected chi connectivity index (χ3v) is 5.16. The first-order valence-corrected chi connectivity index (χ1v) is 8.98. The zero-order valence-electron chi connectivity index (χ0n) is 13.5. The Kier molecular flexibility index (Phi) is 4.58. The van der Waals surface area contributed by atoms with Crippen LogP contribution in [-0.2, 0) is 11.3 Å². The summed E-state index contributed by atoms with van der Waals surface area (Å²) in [6.07, 6.45) is 2.23. The van der Waals surface area contributed by atoms with Crippen LogP contribution in [0.15, 0.2) is 46.9 Å². The second-order valence-electron chi connectivity index (χ2n) is 5.75. The molecule has 1 saturated heterocycles. The van der Waals surface area contributed by atoms with Crippen LogP contribution in [0.3, 0.4) is 0 Å². The van der Waals surface area contributed by atoms with E-state index in [-0.39, 0.29) is 18.6 Å². The highest BCUT2D eigenvalue weighted by atomic mass is 32.1. The van der Waals surface area contributed by atoms with Gasteiger partial charge in [0.2, 0.25) is 11.8 Å². The van der Waals surface area contributed by atoms with Gasteiger partial charge in [0.15, 0.2) is 0 Å². The van der Waals surface area contributed by atoms with Crippen LogP contribution in [0.25, 0.3) is 11.5 Å². The van der Waals surface area contributed by atoms with Crippen LogP contribution in [-0.4, -0.2) is 22.7 Å². The van der Waals surface area contributed by atoms with E-state index in [9.17, 15) is 4.79 Å². The maximum atomic E-state index is 12.3. The fourth-order valence-corrected chi connectivity index (χ4v) is 3.72. The van der Waals surface area contributed by atoms with Gasteiger partial charge in [-0.15, -0.1) is 21.5 Å². The third kappa shape index (κ3) is 3.62. The second kappa shape index (κ2) is 7.16. The molecule has 4 rings (SSSR count). The lowest BCUT2D eigenvalue weighted by Crippen LogP contribution is -2.21. The molecule has 0 saturated carbocycles. The summed E-state index contributed by atoms with van der Waals surface area (Å²) in [7, 11) is 0. The maximum Gasteiger partial charge on any atom is 0.261 e. The Bertz CT molecular complexity index is 853. The van der Waals surface area contributed by atoms with E-state index in [1.54, 1.807) is 0 Å². The van der Waals surface area contributed by atoms with Crippen LogP contribution >= 0.6 is 11.3 Å². The molecule has 128 valence electrons. The smallest absolute Gasteiger partial charge is 0.261 e. The molecule has 1 aliphatic heterocycles. The van der Waals surface area contributed by atoms with E-state index in [1.807, 2.05) is 42.5 Å². The number of hydrogen-bond donors (Lipinski definition) is 1. The van der Waals surface area contributed by atoms with Gasteiger partial charge in [-0.3, -0.25) is 4.79 Å². The van der Waals surface area contributed by atoms with Crippen LogP contribution in [0.4, 0.5) is 0 Å². The van der Waals surface area contributed by atoms with Crippen LogP contribution < -0.4 is 5.32 Å². The van der Waals surface area contributed by atoms with Crippen molar-refractivity contribution >= 4 is 17.2 Å². The largest absolute Gasteiger partial charge is 0.419 e. The van der Waals surface area contributed by atoms with Crippen molar-refractivity contribution in [3.8, 4) is 11.5 Å². The van der Waals surface area contributed by atoms with Crippen molar-refractivity contribution in [1.29, 1.82) is 0 Å². The molecule has 1 N–H and O–H groups in total. The second-order valence-corrected chi connectivity index (χ2v) is 6.87. The molecule has 0 radical (unpaired) electrons. The predicted molar refractivity (Wildman–Crippen MR) is 93.2 cm³/mol. The lowest BCUT2D eigenvalue weighted by atomic mass is 10.2. The van der Waals surface area contributed by atoms with Gasteiger partial charge in [-0.1, -0.05) is 18.2 Å². The number of rotatable bonds is 5. The Labute approximate surface area is 148 Å². The van der Waals surface area contributed by atoms with Gasteiger partial charge in [-0.2, -0.15) is 0 Å². The van der Waals surface area contributed by atoms with Gasteiger partial charge >= 0.3 is 0 Å². The molecule has 1 fully saturated rings. The number of thiophene rings is 1. The highest BCUT2D eigenvalue weighted by Crippen LogP contribution is 2.33. The molecule has 3 aromatic rings. The number of amides is 1. The summed E-state index contributed by atoms with van der Waals surface area (Å²) in [5.74, 6) is 0.679. The molecule has 1 atom stereocenters. The first kappa shape index (κ1) is 16.0. The van der Waals surface area contributed by atoms with Crippen molar-refractivity contribution in [3.63, 3.8) is 0 Å². The summed E-state index contributed by atoms with van der Waals surface area (Å²) in [4.78, 5) is 14.1. The number of carbonyl (C=O) groups excluding carboxylic acids is 1. The van der Waals surface area contributed by atoms with E-state index in [0.29, 0.717) is 16.7 Å². The van der Waals surface area contributed by atoms with Gasteiger partial charge in [-0.05, 0) is 37.1 Å². The first-order chi connectivity index (χ1) is 12.3. The summed E-state index contributed by atoms with van der Waals surface area (Å²) in [5.41, 5.74) is 0.854. The topological polar surface area (TPSA) is 77.3 Å². The molecule has 0 spiro atoms. The highest BCUT2D eigenvalue weighted by Gasteiger charge is 2.21. The average molecular weight is 355 g/mol. The Morgan fingerprint density at radius 1 is 1.20 bits per heavy atom. The standard InChI is InChI=1S/C18H17N3O3S/c22-17(15-9-8-14(25-15)13-7-4-10-23-13)19-11-16-20-21-18(24-16)12-5-2-1-3-6-12/h1-3,5-6,8-9,13H,4,7,10-11H2,(H,19,22)/t13-/m0/s1. The summed E-state index contributed by atoms with van der Waals surface area (Å²) in [6, 6.07) is 13.3. The third-order valence-electron chi connectivity index (χ3n) is 3.99. The number of hydrogen-bond acceptors (Lipinski definition) is 6. The summed E-state index contributed by atoms with van der Waals surface area (Å²) < 4.78 is 11.2. The normalized spacial score (nSPS) is 16.9. The highest BCUT2D eigenvalue weighted by molar-refractivity contribution is 7.14. The van der Waals surface area contributed by atoms with Crippen molar-refractivity contribution in [1.82, 2.24) is 15.5 Å². The molecule has 0 bridgehead atoms. The van der Waals surface area contributed by atoms with E-state index in [2.05, 4.69) is 15.5 Å². The van der Waals surface area contributed by atoms with Crippen molar-refractivity contribution < 1.29 is 13.9 Å². The average Bonchev–Trinajstić information content (AvgIpc) is 3.41. The minimum absolute atomic E-state index is 0.135. The van der Waals surface area contributed by atoms with Gasteiger partial charge in [0, 0.05) is 17.0 Å². The minimum atomic E-state index is -0.145. The van der Waals surface area contributed by atoms with E-state index in [0.717, 1.165) is 29.9 Å². The van der Waals surface area contributed by atoms with Gasteiger partial charge in [0.05, 0.1) is 17.5 Å². The maximum absolute atomic E-state index is 12.3. The molecule has 0 unspecified atom stereocenters. The minimum Gasteiger partial charge on any atom is -0.419 e. The van der Waals surface area contributed by atoms with E-state index in [1.165, 1.54) is 11.3 Å². The predicted octanol–water partition coefficient (Wildman–Crippen LogP) is 3.58. The zero-order chi connectivity index (χ0) is 17.1. The lowest BCUT2D eigenvalue weighted by Gasteiger charge is -2.05. The first-order valence-electron chi connectivity index (χ1n) is 8.17. The molecule has 6 nitrogen and oxygen atoms in total. The number of ether oxygens (including phenoxy) is 1. The molecule has 1 amide bonds. The number of nitrogens with one attached hydrogen (secondary N) is 1. The Balaban J connectivity index is 1.37. The van der Waals surface area contributed by atoms with Crippen molar-refractivity contribution in [3.05, 3.63) is 58.1 Å². The molecule has 1 aromatic carbocycles. The molecule has 25 heavy (non-hydrogen) atoms. The molecule has 1 aliphatic rings. The molecular weight excluding hydrogens is 338 g/mol. The van der Waals surface area contributed by atoms with Crippen molar-refractivity contribution in [2.45, 2.75) is 25.5 Å². The van der Waals surface area contributed by atoms with E-state index >= 15 is 0 Å². The number of carbonyl (C=O) groups is 1. The van der Waals surface area contributed by atoms with Gasteiger partial charge in [-0.25, -0.2) is 0 Å². The number of aromatic nitrogens is 2. The Morgan fingerprint density at radius 2 is 2.08 bits per heavy atom. The van der Waals surface area contributed by atoms with Crippen LogP contribution in [0, 0.1) is 0 Å². The number of nitrogens with zero attached hydrogens (tertiary/aromatic N) is 2. The Hall–Kier alpha value is -2.51. The monoisotopic (exact) mass is 355 g/mol. The molecule has 2 aromatic heterocycles. The number of benzene rings is 1. The van der Waals surface area contributed by atoms with Crippen molar-refractivity contribution in [2.75, 3.05) is 6.61 Å². The quantitative estimate of drug-likeness (QED) is 0.757. The Morgan fingerprint density at radius 3 is 2.88 bits per heavy atom. The van der Waals surface area contributed by atoms with Crippen LogP contribution in [0.5, 0.6) is 0 Å². The SMILES string of the molecule is O=C(NCc1nnc(-c2ccccc2)o1)c1ccc([C@@H]2CCCO2)s1. The van der Waals surface area contributed by atoms with Crippen molar-refractivity contribution in [2.24, 2.45) is 0 Å². The zero-order valence-corrected chi connectivity index (χ0v) is 14.3. The fourth-order valence-electron chi connectivity index (χ4n) is 2.72. The summed E-state index contributed by atoms with van der Waals surface area (Å²) in [5, 5.41) is 10.8. The molecular formula is C18H17N3O3S. The molecule has 3 heterocycles. The van der Waals surface area contributed by atoms with Gasteiger partial charge < -0.3 is 14.5 Å². The van der Waals surface area contributed by atoms with E-state index < -0.39 is 0 Å². The van der Waals surface area contributed by atoms with Crippen LogP contribution in [0.1, 0.15) is 39.4 Å². The van der Waals surface area contributed by atoms with Crippen LogP contribution in [0.2, 0.25) is 0 Å². The lowest BCUT2D eigenvalue weighted by molar-refractivity contribution is 0.0951. The van der Waals surface area contributed by atoms with Gasteiger partial charge in [0.25, 0.3) is 5.91 Å².